The number of rotatable bonds is 19. The summed E-state index contributed by atoms with van der Waals surface area (Å²) < 4.78 is 11.9. The predicted molar refractivity (Wildman–Crippen MR) is 112 cm³/mol. The molecule has 0 heterocycles. The first-order chi connectivity index (χ1) is 12.2. The molecule has 0 amide bonds. The van der Waals surface area contributed by atoms with Gasteiger partial charge in [-0.25, -0.2) is 0 Å². The maximum absolute atomic E-state index is 11.8. The molecule has 0 atom stereocenters. The maximum Gasteiger partial charge on any atom is 0.384 e. The lowest BCUT2D eigenvalue weighted by Crippen LogP contribution is -2.24. The van der Waals surface area contributed by atoms with E-state index in [-0.39, 0.29) is 0 Å². The summed E-state index contributed by atoms with van der Waals surface area (Å²) in [6.45, 7) is 8.26. The van der Waals surface area contributed by atoms with Gasteiger partial charge in [-0.05, 0) is 31.7 Å². The molecule has 3 nitrogen and oxygen atoms in total. The van der Waals surface area contributed by atoms with Gasteiger partial charge in [0.2, 0.25) is 0 Å². The monoisotopic (exact) mass is 389 g/mol. The number of carbonyl (C=O) groups excluding carboxylic acids is 1. The highest BCUT2D eigenvalue weighted by molar-refractivity contribution is 8.13. The predicted octanol–water partition coefficient (Wildman–Crippen LogP) is 6.51. The summed E-state index contributed by atoms with van der Waals surface area (Å²) >= 11 is 1.53. The molecule has 0 saturated carbocycles. The number of carbonyl (C=O) groups is 1. The van der Waals surface area contributed by atoms with E-state index in [0.29, 0.717) is 5.12 Å². The van der Waals surface area contributed by atoms with Gasteiger partial charge in [-0.3, -0.25) is 4.79 Å². The van der Waals surface area contributed by atoms with Crippen molar-refractivity contribution in [1.29, 1.82) is 0 Å². The van der Waals surface area contributed by atoms with Crippen LogP contribution in [0.15, 0.2) is 0 Å². The molecule has 5 heteroatoms. The van der Waals surface area contributed by atoms with Crippen LogP contribution in [0.1, 0.15) is 97.8 Å². The van der Waals surface area contributed by atoms with Crippen molar-refractivity contribution < 1.29 is 13.6 Å². The van der Waals surface area contributed by atoms with Gasteiger partial charge in [0, 0.05) is 25.4 Å². The topological polar surface area (TPSA) is 35.5 Å². The second-order valence-corrected chi connectivity index (χ2v) is 9.59. The number of hydrogen-bond donors (Lipinski definition) is 0. The van der Waals surface area contributed by atoms with Crippen molar-refractivity contribution in [3.05, 3.63) is 0 Å². The van der Waals surface area contributed by atoms with E-state index in [2.05, 4.69) is 20.8 Å². The average molecular weight is 390 g/mol. The van der Waals surface area contributed by atoms with E-state index in [1.807, 2.05) is 0 Å². The fourth-order valence-electron chi connectivity index (χ4n) is 2.35. The van der Waals surface area contributed by atoms with Crippen LogP contribution in [0.2, 0.25) is 6.04 Å². The minimum absolute atomic E-state index is 0.375. The maximum atomic E-state index is 11.8. The van der Waals surface area contributed by atoms with E-state index in [1.54, 1.807) is 0 Å². The molecule has 0 spiro atoms. The van der Waals surface area contributed by atoms with Gasteiger partial charge in [-0.15, -0.1) is 0 Å². The number of hydrogen-bond acceptors (Lipinski definition) is 4. The zero-order valence-electron chi connectivity index (χ0n) is 16.9. The standard InChI is InChI=1S/C20H41O3SSi/c1-4-7-10-11-12-15-20(21)24-18-13-14-19-25(22-16-8-5-2)23-17-9-6-3/h4-19H2,1-3H3. The first-order valence-electron chi connectivity index (χ1n) is 10.5. The molecule has 0 rings (SSSR count). The summed E-state index contributed by atoms with van der Waals surface area (Å²) in [6.07, 6.45) is 13.6. The SMILES string of the molecule is CCCCCCCC(=O)SCCCC[Si](OCCCC)OCCCC. The molecular formula is C20H41O3SSi. The van der Waals surface area contributed by atoms with Crippen molar-refractivity contribution in [1.82, 2.24) is 0 Å². The van der Waals surface area contributed by atoms with Crippen LogP contribution in [-0.4, -0.2) is 33.4 Å². The van der Waals surface area contributed by atoms with Crippen LogP contribution < -0.4 is 0 Å². The summed E-state index contributed by atoms with van der Waals surface area (Å²) in [5, 5.41) is 0.375. The van der Waals surface area contributed by atoms with E-state index in [0.717, 1.165) is 63.5 Å². The molecule has 0 fully saturated rings. The highest BCUT2D eigenvalue weighted by Crippen LogP contribution is 2.15. The summed E-state index contributed by atoms with van der Waals surface area (Å²) in [4.78, 5) is 11.8. The van der Waals surface area contributed by atoms with Crippen molar-refractivity contribution in [2.24, 2.45) is 0 Å². The van der Waals surface area contributed by atoms with Crippen molar-refractivity contribution >= 4 is 26.2 Å². The van der Waals surface area contributed by atoms with E-state index in [9.17, 15) is 4.79 Å². The van der Waals surface area contributed by atoms with Gasteiger partial charge in [-0.1, -0.05) is 77.5 Å². The quantitative estimate of drug-likeness (QED) is 0.186. The zero-order valence-corrected chi connectivity index (χ0v) is 18.8. The van der Waals surface area contributed by atoms with Crippen LogP contribution in [-0.2, 0) is 13.6 Å². The summed E-state index contributed by atoms with van der Waals surface area (Å²) in [5.74, 6) is 0.951. The van der Waals surface area contributed by atoms with E-state index in [1.165, 1.54) is 50.3 Å². The molecule has 25 heavy (non-hydrogen) atoms. The number of unbranched alkanes of at least 4 members (excludes halogenated alkanes) is 7. The van der Waals surface area contributed by atoms with E-state index in [4.69, 9.17) is 8.85 Å². The third kappa shape index (κ3) is 18.7. The molecule has 149 valence electrons. The molecule has 0 saturated heterocycles. The largest absolute Gasteiger partial charge is 0.393 e. The smallest absolute Gasteiger partial charge is 0.384 e. The Labute approximate surface area is 162 Å². The lowest BCUT2D eigenvalue weighted by molar-refractivity contribution is -0.111. The molecule has 0 aromatic rings. The third-order valence-corrected chi connectivity index (χ3v) is 6.88. The Kier molecular flexibility index (Phi) is 20.6. The molecule has 0 aliphatic rings. The Morgan fingerprint density at radius 1 is 0.760 bits per heavy atom. The van der Waals surface area contributed by atoms with Gasteiger partial charge in [0.1, 0.15) is 0 Å². The third-order valence-electron chi connectivity index (χ3n) is 4.04. The molecule has 0 aromatic heterocycles. The molecule has 0 aliphatic carbocycles. The van der Waals surface area contributed by atoms with Crippen LogP contribution in [0.5, 0.6) is 0 Å². The second kappa shape index (κ2) is 20.5. The van der Waals surface area contributed by atoms with Crippen molar-refractivity contribution in [2.45, 2.75) is 104 Å². The van der Waals surface area contributed by atoms with Gasteiger partial charge >= 0.3 is 9.28 Å². The van der Waals surface area contributed by atoms with Gasteiger partial charge in [0.25, 0.3) is 0 Å². The summed E-state index contributed by atoms with van der Waals surface area (Å²) in [7, 11) is -1.11. The Morgan fingerprint density at radius 2 is 1.36 bits per heavy atom. The molecular weight excluding hydrogens is 348 g/mol. The average Bonchev–Trinajstić information content (AvgIpc) is 2.61. The van der Waals surface area contributed by atoms with Gasteiger partial charge in [0.05, 0.1) is 0 Å². The molecule has 0 bridgehead atoms. The molecule has 0 aliphatic heterocycles. The van der Waals surface area contributed by atoms with Crippen molar-refractivity contribution in [3.8, 4) is 0 Å². The highest BCUT2D eigenvalue weighted by Gasteiger charge is 2.15. The van der Waals surface area contributed by atoms with Crippen LogP contribution in [0.25, 0.3) is 0 Å². The van der Waals surface area contributed by atoms with Crippen LogP contribution in [0.4, 0.5) is 0 Å². The lowest BCUT2D eigenvalue weighted by Gasteiger charge is -2.15. The molecule has 0 aromatic carbocycles. The summed E-state index contributed by atoms with van der Waals surface area (Å²) in [6, 6.07) is 1.05. The van der Waals surface area contributed by atoms with Crippen molar-refractivity contribution in [3.63, 3.8) is 0 Å². The Morgan fingerprint density at radius 3 is 1.96 bits per heavy atom. The molecule has 1 radical (unpaired) electrons. The number of thioether (sulfide) groups is 1. The minimum atomic E-state index is -1.11. The zero-order chi connectivity index (χ0) is 18.6. The Bertz CT molecular complexity index is 280. The van der Waals surface area contributed by atoms with E-state index < -0.39 is 9.28 Å². The summed E-state index contributed by atoms with van der Waals surface area (Å²) in [5.41, 5.74) is 0. The Balaban J connectivity index is 3.64. The fraction of sp³-hybridized carbons (Fsp3) is 0.950. The Hall–Kier alpha value is 0.157. The van der Waals surface area contributed by atoms with E-state index >= 15 is 0 Å². The van der Waals surface area contributed by atoms with Crippen LogP contribution in [0, 0.1) is 0 Å². The normalized spacial score (nSPS) is 11.4. The molecule has 0 N–H and O–H groups in total. The second-order valence-electron chi connectivity index (χ2n) is 6.62. The molecule has 0 unspecified atom stereocenters. The van der Waals surface area contributed by atoms with Crippen LogP contribution in [0.3, 0.4) is 0 Å². The first kappa shape index (κ1) is 25.2. The first-order valence-corrected chi connectivity index (χ1v) is 13.0. The highest BCUT2D eigenvalue weighted by atomic mass is 32.2. The minimum Gasteiger partial charge on any atom is -0.393 e. The fourth-order valence-corrected chi connectivity index (χ4v) is 4.87. The van der Waals surface area contributed by atoms with Crippen LogP contribution >= 0.6 is 11.8 Å². The van der Waals surface area contributed by atoms with Gasteiger partial charge in [-0.2, -0.15) is 0 Å². The van der Waals surface area contributed by atoms with Crippen molar-refractivity contribution in [2.75, 3.05) is 19.0 Å². The van der Waals surface area contributed by atoms with Gasteiger partial charge in [0.15, 0.2) is 5.12 Å². The van der Waals surface area contributed by atoms with Gasteiger partial charge < -0.3 is 8.85 Å². The lowest BCUT2D eigenvalue weighted by atomic mass is 10.1.